The number of aldehydes is 1. The SMILES string of the molecule is CC(F)c1c(F)cccc1C=O. The second-order valence-electron chi connectivity index (χ2n) is 2.48. The zero-order chi connectivity index (χ0) is 9.14. The average molecular weight is 170 g/mol. The Hall–Kier alpha value is -1.25. The molecule has 3 heteroatoms. The summed E-state index contributed by atoms with van der Waals surface area (Å²) in [5.41, 5.74) is -0.0856. The van der Waals surface area contributed by atoms with Crippen molar-refractivity contribution in [3.63, 3.8) is 0 Å². The molecule has 0 aliphatic rings. The van der Waals surface area contributed by atoms with Gasteiger partial charge in [-0.2, -0.15) is 0 Å². The van der Waals surface area contributed by atoms with Gasteiger partial charge in [0.2, 0.25) is 0 Å². The Morgan fingerprint density at radius 1 is 1.50 bits per heavy atom. The second kappa shape index (κ2) is 3.43. The smallest absolute Gasteiger partial charge is 0.150 e. The summed E-state index contributed by atoms with van der Waals surface area (Å²) in [5, 5.41) is 0. The van der Waals surface area contributed by atoms with Crippen molar-refractivity contribution in [3.05, 3.63) is 35.1 Å². The van der Waals surface area contributed by atoms with Crippen molar-refractivity contribution in [1.29, 1.82) is 0 Å². The fourth-order valence-electron chi connectivity index (χ4n) is 1.08. The number of hydrogen-bond donors (Lipinski definition) is 0. The van der Waals surface area contributed by atoms with Gasteiger partial charge in [-0.1, -0.05) is 12.1 Å². The molecule has 0 aromatic heterocycles. The fraction of sp³-hybridized carbons (Fsp3) is 0.222. The van der Waals surface area contributed by atoms with Gasteiger partial charge >= 0.3 is 0 Å². The summed E-state index contributed by atoms with van der Waals surface area (Å²) in [4.78, 5) is 10.4. The van der Waals surface area contributed by atoms with Gasteiger partial charge < -0.3 is 0 Å². The lowest BCUT2D eigenvalue weighted by atomic mass is 10.0. The summed E-state index contributed by atoms with van der Waals surface area (Å²) in [7, 11) is 0. The Morgan fingerprint density at radius 2 is 2.17 bits per heavy atom. The highest BCUT2D eigenvalue weighted by atomic mass is 19.1. The summed E-state index contributed by atoms with van der Waals surface area (Å²) in [6.07, 6.45) is -1.000. The number of alkyl halides is 1. The maximum atomic E-state index is 12.9. The molecule has 0 saturated heterocycles. The highest BCUT2D eigenvalue weighted by Gasteiger charge is 2.13. The minimum absolute atomic E-state index is 0.0741. The molecular formula is C9H8F2O. The Labute approximate surface area is 69.0 Å². The molecule has 0 aliphatic heterocycles. The molecular weight excluding hydrogens is 162 g/mol. The maximum absolute atomic E-state index is 12.9. The van der Waals surface area contributed by atoms with E-state index in [9.17, 15) is 13.6 Å². The largest absolute Gasteiger partial charge is 0.298 e. The highest BCUT2D eigenvalue weighted by Crippen LogP contribution is 2.22. The van der Waals surface area contributed by atoms with Crippen LogP contribution in [0.3, 0.4) is 0 Å². The third-order valence-corrected chi connectivity index (χ3v) is 1.61. The third kappa shape index (κ3) is 1.49. The van der Waals surface area contributed by atoms with Crippen LogP contribution in [0.25, 0.3) is 0 Å². The number of benzene rings is 1. The molecule has 1 aromatic carbocycles. The maximum Gasteiger partial charge on any atom is 0.150 e. The zero-order valence-corrected chi connectivity index (χ0v) is 6.55. The first kappa shape index (κ1) is 8.84. The molecule has 0 saturated carbocycles. The molecule has 0 fully saturated rings. The van der Waals surface area contributed by atoms with Gasteiger partial charge in [0.05, 0.1) is 0 Å². The van der Waals surface area contributed by atoms with E-state index in [4.69, 9.17) is 0 Å². The van der Waals surface area contributed by atoms with Gasteiger partial charge in [-0.05, 0) is 13.0 Å². The topological polar surface area (TPSA) is 17.1 Å². The predicted octanol–water partition coefficient (Wildman–Crippen LogP) is 2.67. The van der Waals surface area contributed by atoms with Gasteiger partial charge in [-0.25, -0.2) is 8.78 Å². The molecule has 0 heterocycles. The molecule has 64 valence electrons. The second-order valence-corrected chi connectivity index (χ2v) is 2.48. The van der Waals surface area contributed by atoms with Crippen LogP contribution in [0.2, 0.25) is 0 Å². The lowest BCUT2D eigenvalue weighted by Crippen LogP contribution is -1.97. The summed E-state index contributed by atoms with van der Waals surface area (Å²) < 4.78 is 25.6. The van der Waals surface area contributed by atoms with E-state index >= 15 is 0 Å². The van der Waals surface area contributed by atoms with E-state index in [1.54, 1.807) is 0 Å². The Morgan fingerprint density at radius 3 is 2.58 bits per heavy atom. The fourth-order valence-corrected chi connectivity index (χ4v) is 1.08. The first-order chi connectivity index (χ1) is 5.66. The van der Waals surface area contributed by atoms with E-state index in [0.717, 1.165) is 6.07 Å². The Bertz CT molecular complexity index is 295. The van der Waals surface area contributed by atoms with Crippen molar-refractivity contribution in [3.8, 4) is 0 Å². The van der Waals surface area contributed by atoms with Crippen LogP contribution in [0, 0.1) is 5.82 Å². The van der Waals surface area contributed by atoms with Gasteiger partial charge in [-0.15, -0.1) is 0 Å². The van der Waals surface area contributed by atoms with Crippen LogP contribution in [0.4, 0.5) is 8.78 Å². The van der Waals surface area contributed by atoms with E-state index in [2.05, 4.69) is 0 Å². The molecule has 12 heavy (non-hydrogen) atoms. The van der Waals surface area contributed by atoms with Crippen LogP contribution in [0.5, 0.6) is 0 Å². The van der Waals surface area contributed by atoms with Crippen LogP contribution in [-0.4, -0.2) is 6.29 Å². The first-order valence-electron chi connectivity index (χ1n) is 3.54. The van der Waals surface area contributed by atoms with Crippen LogP contribution in [0.15, 0.2) is 18.2 Å². The molecule has 1 aromatic rings. The van der Waals surface area contributed by atoms with Crippen molar-refractivity contribution in [2.45, 2.75) is 13.1 Å². The summed E-state index contributed by atoms with van der Waals surface area (Å²) in [6.45, 7) is 1.20. The van der Waals surface area contributed by atoms with Gasteiger partial charge in [0.25, 0.3) is 0 Å². The molecule has 1 rings (SSSR count). The van der Waals surface area contributed by atoms with Crippen molar-refractivity contribution in [2.24, 2.45) is 0 Å². The minimum atomic E-state index is -1.45. The van der Waals surface area contributed by atoms with Gasteiger partial charge in [0.15, 0.2) is 6.29 Å². The number of carbonyl (C=O) groups excluding carboxylic acids is 1. The lowest BCUT2D eigenvalue weighted by Gasteiger charge is -2.05. The van der Waals surface area contributed by atoms with E-state index in [1.807, 2.05) is 0 Å². The number of carbonyl (C=O) groups is 1. The van der Waals surface area contributed by atoms with Crippen molar-refractivity contribution < 1.29 is 13.6 Å². The first-order valence-corrected chi connectivity index (χ1v) is 3.54. The van der Waals surface area contributed by atoms with E-state index in [-0.39, 0.29) is 11.1 Å². The summed E-state index contributed by atoms with van der Waals surface area (Å²) in [6, 6.07) is 3.91. The standard InChI is InChI=1S/C9H8F2O/c1-6(10)9-7(5-12)3-2-4-8(9)11/h2-6H,1H3. The number of hydrogen-bond acceptors (Lipinski definition) is 1. The minimum Gasteiger partial charge on any atom is -0.298 e. The van der Waals surface area contributed by atoms with E-state index in [1.165, 1.54) is 19.1 Å². The molecule has 1 atom stereocenters. The molecule has 1 nitrogen and oxygen atoms in total. The van der Waals surface area contributed by atoms with Crippen LogP contribution in [0.1, 0.15) is 29.0 Å². The molecule has 0 radical (unpaired) electrons. The van der Waals surface area contributed by atoms with Gasteiger partial charge in [-0.3, -0.25) is 4.79 Å². The van der Waals surface area contributed by atoms with Crippen LogP contribution >= 0.6 is 0 Å². The predicted molar refractivity (Wildman–Crippen MR) is 41.3 cm³/mol. The van der Waals surface area contributed by atoms with Crippen LogP contribution in [-0.2, 0) is 0 Å². The van der Waals surface area contributed by atoms with Crippen molar-refractivity contribution >= 4 is 6.29 Å². The zero-order valence-electron chi connectivity index (χ0n) is 6.55. The van der Waals surface area contributed by atoms with Crippen molar-refractivity contribution in [2.75, 3.05) is 0 Å². The van der Waals surface area contributed by atoms with Gasteiger partial charge in [0, 0.05) is 11.1 Å². The third-order valence-electron chi connectivity index (χ3n) is 1.61. The van der Waals surface area contributed by atoms with Gasteiger partial charge in [0.1, 0.15) is 12.0 Å². The number of rotatable bonds is 2. The van der Waals surface area contributed by atoms with Crippen molar-refractivity contribution in [1.82, 2.24) is 0 Å². The quantitative estimate of drug-likeness (QED) is 0.623. The normalized spacial score (nSPS) is 12.6. The molecule has 0 spiro atoms. The lowest BCUT2D eigenvalue weighted by molar-refractivity contribution is 0.112. The van der Waals surface area contributed by atoms with Crippen LogP contribution < -0.4 is 0 Å². The molecule has 1 unspecified atom stereocenters. The molecule has 0 amide bonds. The molecule has 0 aliphatic carbocycles. The monoisotopic (exact) mass is 170 g/mol. The highest BCUT2D eigenvalue weighted by molar-refractivity contribution is 5.77. The Balaban J connectivity index is 3.29. The average Bonchev–Trinajstić information content (AvgIpc) is 2.03. The summed E-state index contributed by atoms with van der Waals surface area (Å²) >= 11 is 0. The van der Waals surface area contributed by atoms with E-state index < -0.39 is 12.0 Å². The Kier molecular flexibility index (Phi) is 2.53. The van der Waals surface area contributed by atoms with E-state index in [0.29, 0.717) is 6.29 Å². The molecule has 0 N–H and O–H groups in total. The molecule has 0 bridgehead atoms. The number of halogens is 2. The summed E-state index contributed by atoms with van der Waals surface area (Å²) in [5.74, 6) is -0.672.